The zero-order valence-electron chi connectivity index (χ0n) is 15.4. The second kappa shape index (κ2) is 8.38. The smallest absolute Gasteiger partial charge is 0.185 e. The van der Waals surface area contributed by atoms with E-state index in [1.165, 1.54) is 6.08 Å². The molecule has 2 aromatic rings. The predicted molar refractivity (Wildman–Crippen MR) is 106 cm³/mol. The number of carbonyl (C=O) groups is 1. The van der Waals surface area contributed by atoms with Gasteiger partial charge in [-0.1, -0.05) is 0 Å². The van der Waals surface area contributed by atoms with Crippen LogP contribution in [-0.2, 0) is 0 Å². The molecule has 2 rings (SSSR count). The number of ketones is 1. The highest BCUT2D eigenvalue weighted by atomic mass is 16.3. The Bertz CT molecular complexity index is 745. The Morgan fingerprint density at radius 3 is 2.12 bits per heavy atom. The minimum absolute atomic E-state index is 0.0856. The van der Waals surface area contributed by atoms with Gasteiger partial charge in [0, 0.05) is 55.8 Å². The van der Waals surface area contributed by atoms with Crippen molar-refractivity contribution in [2.24, 2.45) is 0 Å². The van der Waals surface area contributed by atoms with E-state index in [-0.39, 0.29) is 11.5 Å². The molecule has 0 aliphatic rings. The van der Waals surface area contributed by atoms with Crippen molar-refractivity contribution < 1.29 is 9.90 Å². The van der Waals surface area contributed by atoms with Crippen molar-refractivity contribution in [3.05, 3.63) is 59.7 Å². The second-order valence-electron chi connectivity index (χ2n) is 6.05. The van der Waals surface area contributed by atoms with Crippen LogP contribution in [0.4, 0.5) is 11.4 Å². The van der Waals surface area contributed by atoms with Gasteiger partial charge < -0.3 is 14.9 Å². The van der Waals surface area contributed by atoms with Crippen LogP contribution in [0.2, 0.25) is 0 Å². The van der Waals surface area contributed by atoms with Crippen molar-refractivity contribution in [2.75, 3.05) is 37.0 Å². The van der Waals surface area contributed by atoms with Crippen molar-refractivity contribution >= 4 is 23.2 Å². The first-order valence-corrected chi connectivity index (χ1v) is 8.54. The third kappa shape index (κ3) is 4.63. The average molecular weight is 338 g/mol. The van der Waals surface area contributed by atoms with Gasteiger partial charge >= 0.3 is 0 Å². The average Bonchev–Trinajstić information content (AvgIpc) is 2.62. The molecule has 0 heterocycles. The summed E-state index contributed by atoms with van der Waals surface area (Å²) in [7, 11) is 3.92. The van der Waals surface area contributed by atoms with Crippen LogP contribution in [0.1, 0.15) is 29.8 Å². The molecule has 4 heteroatoms. The van der Waals surface area contributed by atoms with E-state index in [0.29, 0.717) is 11.1 Å². The largest absolute Gasteiger partial charge is 0.507 e. The molecule has 0 aromatic heterocycles. The normalized spacial score (nSPS) is 10.9. The van der Waals surface area contributed by atoms with Crippen molar-refractivity contribution in [1.29, 1.82) is 0 Å². The first-order valence-electron chi connectivity index (χ1n) is 8.54. The summed E-state index contributed by atoms with van der Waals surface area (Å²) in [6.45, 7) is 5.92. The first-order chi connectivity index (χ1) is 12.0. The summed E-state index contributed by atoms with van der Waals surface area (Å²) in [5.74, 6) is 0.0916. The number of anilines is 2. The third-order valence-corrected chi connectivity index (χ3v) is 4.23. The van der Waals surface area contributed by atoms with Crippen LogP contribution in [0, 0.1) is 0 Å². The molecule has 0 aliphatic heterocycles. The Balaban J connectivity index is 2.14. The SMILES string of the molecule is CCN(CC)c1ccc(/C=C/C(=O)c2ccc(N(C)C)cc2)c(O)c1. The number of phenols is 1. The molecule has 0 radical (unpaired) electrons. The lowest BCUT2D eigenvalue weighted by Crippen LogP contribution is -2.21. The van der Waals surface area contributed by atoms with E-state index in [4.69, 9.17) is 0 Å². The van der Waals surface area contributed by atoms with Gasteiger partial charge in [-0.05, 0) is 62.4 Å². The molecule has 0 atom stereocenters. The summed E-state index contributed by atoms with van der Waals surface area (Å²) < 4.78 is 0. The summed E-state index contributed by atoms with van der Waals surface area (Å²) in [5.41, 5.74) is 3.28. The van der Waals surface area contributed by atoms with Gasteiger partial charge in [-0.2, -0.15) is 0 Å². The van der Waals surface area contributed by atoms with Crippen LogP contribution in [0.25, 0.3) is 6.08 Å². The molecule has 0 saturated heterocycles. The van der Waals surface area contributed by atoms with Crippen LogP contribution >= 0.6 is 0 Å². The second-order valence-corrected chi connectivity index (χ2v) is 6.05. The Morgan fingerprint density at radius 1 is 1.00 bits per heavy atom. The molecule has 4 nitrogen and oxygen atoms in total. The molecule has 25 heavy (non-hydrogen) atoms. The van der Waals surface area contributed by atoms with Gasteiger partial charge in [0.05, 0.1) is 0 Å². The number of rotatable bonds is 7. The number of benzene rings is 2. The molecular weight excluding hydrogens is 312 g/mol. The fraction of sp³-hybridized carbons (Fsp3) is 0.286. The Morgan fingerprint density at radius 2 is 1.60 bits per heavy atom. The maximum atomic E-state index is 12.3. The van der Waals surface area contributed by atoms with E-state index in [0.717, 1.165) is 24.5 Å². The van der Waals surface area contributed by atoms with E-state index in [1.54, 1.807) is 12.1 Å². The number of nitrogens with zero attached hydrogens (tertiary/aromatic N) is 2. The maximum Gasteiger partial charge on any atom is 0.185 e. The maximum absolute atomic E-state index is 12.3. The number of aromatic hydroxyl groups is 1. The van der Waals surface area contributed by atoms with E-state index in [1.807, 2.05) is 55.4 Å². The van der Waals surface area contributed by atoms with E-state index in [9.17, 15) is 9.90 Å². The minimum Gasteiger partial charge on any atom is -0.507 e. The van der Waals surface area contributed by atoms with Gasteiger partial charge in [-0.15, -0.1) is 0 Å². The van der Waals surface area contributed by atoms with Gasteiger partial charge in [-0.25, -0.2) is 0 Å². The van der Waals surface area contributed by atoms with Crippen LogP contribution in [-0.4, -0.2) is 38.1 Å². The molecule has 0 amide bonds. The van der Waals surface area contributed by atoms with E-state index < -0.39 is 0 Å². The fourth-order valence-corrected chi connectivity index (χ4v) is 2.64. The molecule has 0 fully saturated rings. The monoisotopic (exact) mass is 338 g/mol. The third-order valence-electron chi connectivity index (χ3n) is 4.23. The van der Waals surface area contributed by atoms with Crippen molar-refractivity contribution in [2.45, 2.75) is 13.8 Å². The van der Waals surface area contributed by atoms with Gasteiger partial charge in [-0.3, -0.25) is 4.79 Å². The Labute approximate surface area is 150 Å². The van der Waals surface area contributed by atoms with Crippen LogP contribution in [0.15, 0.2) is 48.5 Å². The highest BCUT2D eigenvalue weighted by Crippen LogP contribution is 2.26. The van der Waals surface area contributed by atoms with Crippen LogP contribution in [0.5, 0.6) is 5.75 Å². The van der Waals surface area contributed by atoms with E-state index in [2.05, 4.69) is 18.7 Å². The van der Waals surface area contributed by atoms with Gasteiger partial charge in [0.2, 0.25) is 0 Å². The molecule has 0 saturated carbocycles. The van der Waals surface area contributed by atoms with Crippen molar-refractivity contribution in [3.63, 3.8) is 0 Å². The van der Waals surface area contributed by atoms with Gasteiger partial charge in [0.15, 0.2) is 5.78 Å². The molecule has 1 N–H and O–H groups in total. The minimum atomic E-state index is -0.0856. The van der Waals surface area contributed by atoms with Crippen molar-refractivity contribution in [3.8, 4) is 5.75 Å². The highest BCUT2D eigenvalue weighted by molar-refractivity contribution is 6.07. The molecule has 2 aromatic carbocycles. The Hall–Kier alpha value is -2.75. The molecule has 0 unspecified atom stereocenters. The van der Waals surface area contributed by atoms with Gasteiger partial charge in [0.25, 0.3) is 0 Å². The molecular formula is C21H26N2O2. The molecule has 0 aliphatic carbocycles. The zero-order chi connectivity index (χ0) is 18.4. The standard InChI is InChI=1S/C21H26N2O2/c1-5-23(6-2)19-13-9-17(21(25)15-19)10-14-20(24)16-7-11-18(12-8-16)22(3)4/h7-15,25H,5-6H2,1-4H3/b14-10+. The summed E-state index contributed by atoms with van der Waals surface area (Å²) in [6.07, 6.45) is 3.15. The fourth-order valence-electron chi connectivity index (χ4n) is 2.64. The summed E-state index contributed by atoms with van der Waals surface area (Å²) in [5, 5.41) is 10.2. The Kier molecular flexibility index (Phi) is 6.23. The number of allylic oxidation sites excluding steroid dienone is 1. The summed E-state index contributed by atoms with van der Waals surface area (Å²) in [6, 6.07) is 13.0. The number of carbonyl (C=O) groups excluding carboxylic acids is 1. The lowest BCUT2D eigenvalue weighted by atomic mass is 10.1. The lowest BCUT2D eigenvalue weighted by molar-refractivity contribution is 0.104. The number of hydrogen-bond donors (Lipinski definition) is 1. The number of phenolic OH excluding ortho intramolecular Hbond substituents is 1. The van der Waals surface area contributed by atoms with Crippen LogP contribution in [0.3, 0.4) is 0 Å². The lowest BCUT2D eigenvalue weighted by Gasteiger charge is -2.21. The zero-order valence-corrected chi connectivity index (χ0v) is 15.4. The molecule has 0 bridgehead atoms. The van der Waals surface area contributed by atoms with E-state index >= 15 is 0 Å². The summed E-state index contributed by atoms with van der Waals surface area (Å²) in [4.78, 5) is 16.4. The molecule has 132 valence electrons. The topological polar surface area (TPSA) is 43.8 Å². The quantitative estimate of drug-likeness (QED) is 0.607. The van der Waals surface area contributed by atoms with Crippen LogP contribution < -0.4 is 9.80 Å². The predicted octanol–water partition coefficient (Wildman–Crippen LogP) is 4.20. The molecule has 0 spiro atoms. The number of hydrogen-bond acceptors (Lipinski definition) is 4. The van der Waals surface area contributed by atoms with Gasteiger partial charge in [0.1, 0.15) is 5.75 Å². The summed E-state index contributed by atoms with van der Waals surface area (Å²) >= 11 is 0. The highest BCUT2D eigenvalue weighted by Gasteiger charge is 2.07. The first kappa shape index (κ1) is 18.6. The van der Waals surface area contributed by atoms with Crippen molar-refractivity contribution in [1.82, 2.24) is 0 Å².